The number of rotatable bonds is 3. The van der Waals surface area contributed by atoms with Crippen LogP contribution >= 0.6 is 15.9 Å². The van der Waals surface area contributed by atoms with Gasteiger partial charge in [0.15, 0.2) is 0 Å². The SMILES string of the molecule is CCc1nn(C)c(CN2C(=O)CNC(=O)C2C)c1Br. The molecule has 0 spiro atoms. The van der Waals surface area contributed by atoms with Crippen LogP contribution in [0.4, 0.5) is 0 Å². The van der Waals surface area contributed by atoms with Crippen LogP contribution in [0.2, 0.25) is 0 Å². The molecule has 7 heteroatoms. The van der Waals surface area contributed by atoms with Crippen molar-refractivity contribution in [3.8, 4) is 0 Å². The molecule has 1 unspecified atom stereocenters. The summed E-state index contributed by atoms with van der Waals surface area (Å²) in [7, 11) is 1.85. The van der Waals surface area contributed by atoms with Crippen LogP contribution in [0, 0.1) is 0 Å². The minimum absolute atomic E-state index is 0.0687. The summed E-state index contributed by atoms with van der Waals surface area (Å²) in [5, 5.41) is 6.97. The Hall–Kier alpha value is -1.37. The molecule has 2 rings (SSSR count). The van der Waals surface area contributed by atoms with E-state index in [-0.39, 0.29) is 18.4 Å². The molecule has 1 atom stereocenters. The maximum absolute atomic E-state index is 11.9. The van der Waals surface area contributed by atoms with Crippen molar-refractivity contribution in [2.24, 2.45) is 7.05 Å². The van der Waals surface area contributed by atoms with Crippen LogP contribution in [0.25, 0.3) is 0 Å². The molecule has 0 saturated carbocycles. The third kappa shape index (κ3) is 2.51. The Morgan fingerprint density at radius 2 is 2.16 bits per heavy atom. The number of carbonyl (C=O) groups excluding carboxylic acids is 2. The molecular weight excluding hydrogens is 312 g/mol. The number of nitrogens with one attached hydrogen (secondary N) is 1. The van der Waals surface area contributed by atoms with Gasteiger partial charge in [0.05, 0.1) is 29.0 Å². The summed E-state index contributed by atoms with van der Waals surface area (Å²) in [5.74, 6) is -0.188. The first-order chi connectivity index (χ1) is 8.95. The monoisotopic (exact) mass is 328 g/mol. The van der Waals surface area contributed by atoms with Gasteiger partial charge in [-0.05, 0) is 29.3 Å². The largest absolute Gasteiger partial charge is 0.345 e. The Morgan fingerprint density at radius 3 is 2.74 bits per heavy atom. The average molecular weight is 329 g/mol. The number of aryl methyl sites for hydroxylation is 2. The van der Waals surface area contributed by atoms with E-state index in [0.717, 1.165) is 22.3 Å². The van der Waals surface area contributed by atoms with Gasteiger partial charge in [-0.15, -0.1) is 0 Å². The lowest BCUT2D eigenvalue weighted by Crippen LogP contribution is -2.56. The van der Waals surface area contributed by atoms with Gasteiger partial charge < -0.3 is 10.2 Å². The van der Waals surface area contributed by atoms with Crippen molar-refractivity contribution in [3.63, 3.8) is 0 Å². The normalized spacial score (nSPS) is 19.8. The van der Waals surface area contributed by atoms with Gasteiger partial charge in [0.2, 0.25) is 11.8 Å². The molecule has 1 aliphatic rings. The van der Waals surface area contributed by atoms with E-state index < -0.39 is 6.04 Å². The molecule has 1 fully saturated rings. The number of piperazine rings is 1. The van der Waals surface area contributed by atoms with E-state index in [2.05, 4.69) is 26.3 Å². The van der Waals surface area contributed by atoms with Crippen molar-refractivity contribution in [3.05, 3.63) is 15.9 Å². The zero-order valence-corrected chi connectivity index (χ0v) is 12.8. The highest BCUT2D eigenvalue weighted by atomic mass is 79.9. The van der Waals surface area contributed by atoms with Crippen molar-refractivity contribution in [2.45, 2.75) is 32.9 Å². The Bertz CT molecular complexity index is 526. The lowest BCUT2D eigenvalue weighted by atomic mass is 10.2. The van der Waals surface area contributed by atoms with E-state index in [0.29, 0.717) is 6.54 Å². The maximum atomic E-state index is 11.9. The summed E-state index contributed by atoms with van der Waals surface area (Å²) >= 11 is 3.52. The van der Waals surface area contributed by atoms with Crippen molar-refractivity contribution in [1.82, 2.24) is 20.0 Å². The minimum atomic E-state index is -0.451. The van der Waals surface area contributed by atoms with Crippen LogP contribution in [-0.4, -0.2) is 39.1 Å². The summed E-state index contributed by atoms with van der Waals surface area (Å²) in [4.78, 5) is 25.1. The third-order valence-electron chi connectivity index (χ3n) is 3.40. The number of halogens is 1. The zero-order valence-electron chi connectivity index (χ0n) is 11.2. The van der Waals surface area contributed by atoms with Crippen LogP contribution in [0.3, 0.4) is 0 Å². The maximum Gasteiger partial charge on any atom is 0.242 e. The van der Waals surface area contributed by atoms with Crippen molar-refractivity contribution < 1.29 is 9.59 Å². The molecule has 0 bridgehead atoms. The molecule has 0 aromatic carbocycles. The van der Waals surface area contributed by atoms with Crippen LogP contribution in [-0.2, 0) is 29.6 Å². The van der Waals surface area contributed by atoms with Crippen LogP contribution < -0.4 is 5.32 Å². The Kier molecular flexibility index (Phi) is 3.93. The number of hydrogen-bond acceptors (Lipinski definition) is 3. The fraction of sp³-hybridized carbons (Fsp3) is 0.583. The second kappa shape index (κ2) is 5.32. The topological polar surface area (TPSA) is 67.2 Å². The summed E-state index contributed by atoms with van der Waals surface area (Å²) in [6.45, 7) is 4.22. The minimum Gasteiger partial charge on any atom is -0.345 e. The van der Waals surface area contributed by atoms with E-state index >= 15 is 0 Å². The second-order valence-electron chi connectivity index (χ2n) is 4.60. The molecule has 104 valence electrons. The van der Waals surface area contributed by atoms with Crippen LogP contribution in [0.1, 0.15) is 25.2 Å². The highest BCUT2D eigenvalue weighted by Crippen LogP contribution is 2.24. The molecule has 2 heterocycles. The predicted octanol–water partition coefficient (Wildman–Crippen LogP) is 0.592. The van der Waals surface area contributed by atoms with Gasteiger partial charge in [-0.25, -0.2) is 0 Å². The van der Waals surface area contributed by atoms with Gasteiger partial charge in [-0.2, -0.15) is 5.10 Å². The number of carbonyl (C=O) groups is 2. The van der Waals surface area contributed by atoms with E-state index in [1.807, 2.05) is 14.0 Å². The van der Waals surface area contributed by atoms with Crippen LogP contribution in [0.15, 0.2) is 4.47 Å². The van der Waals surface area contributed by atoms with Crippen molar-refractivity contribution >= 4 is 27.7 Å². The van der Waals surface area contributed by atoms with Crippen molar-refractivity contribution in [2.75, 3.05) is 6.54 Å². The number of nitrogens with zero attached hydrogens (tertiary/aromatic N) is 3. The molecule has 19 heavy (non-hydrogen) atoms. The molecule has 0 radical (unpaired) electrons. The summed E-state index contributed by atoms with van der Waals surface area (Å²) in [5.41, 5.74) is 1.87. The lowest BCUT2D eigenvalue weighted by Gasteiger charge is -2.32. The van der Waals surface area contributed by atoms with Gasteiger partial charge in [0.25, 0.3) is 0 Å². The summed E-state index contributed by atoms with van der Waals surface area (Å²) in [6.07, 6.45) is 0.818. The fourth-order valence-electron chi connectivity index (χ4n) is 2.15. The number of hydrogen-bond donors (Lipinski definition) is 1. The first-order valence-electron chi connectivity index (χ1n) is 6.23. The Morgan fingerprint density at radius 1 is 1.47 bits per heavy atom. The summed E-state index contributed by atoms with van der Waals surface area (Å²) < 4.78 is 2.68. The number of amides is 2. The Balaban J connectivity index is 2.27. The highest BCUT2D eigenvalue weighted by molar-refractivity contribution is 9.10. The van der Waals surface area contributed by atoms with Crippen LogP contribution in [0.5, 0.6) is 0 Å². The fourth-order valence-corrected chi connectivity index (χ4v) is 2.89. The molecule has 0 aliphatic carbocycles. The lowest BCUT2D eigenvalue weighted by molar-refractivity contribution is -0.145. The van der Waals surface area contributed by atoms with Gasteiger partial charge in [-0.1, -0.05) is 6.92 Å². The molecule has 2 amide bonds. The molecule has 1 aromatic rings. The third-order valence-corrected chi connectivity index (χ3v) is 4.32. The molecule has 1 aliphatic heterocycles. The molecule has 1 N–H and O–H groups in total. The van der Waals surface area contributed by atoms with E-state index in [4.69, 9.17) is 0 Å². The molecule has 1 aromatic heterocycles. The quantitative estimate of drug-likeness (QED) is 0.883. The molecule has 1 saturated heterocycles. The number of aromatic nitrogens is 2. The summed E-state index contributed by atoms with van der Waals surface area (Å²) in [6, 6.07) is -0.451. The smallest absolute Gasteiger partial charge is 0.242 e. The van der Waals surface area contributed by atoms with Gasteiger partial charge in [0, 0.05) is 7.05 Å². The standard InChI is InChI=1S/C12H17BrN4O2/c1-4-8-11(13)9(16(3)15-8)6-17-7(2)12(19)14-5-10(17)18/h7H,4-6H2,1-3H3,(H,14,19). The Labute approximate surface area is 120 Å². The first-order valence-corrected chi connectivity index (χ1v) is 7.02. The van der Waals surface area contributed by atoms with Gasteiger partial charge in [0.1, 0.15) is 6.04 Å². The zero-order chi connectivity index (χ0) is 14.2. The molecular formula is C12H17BrN4O2. The van der Waals surface area contributed by atoms with Gasteiger partial charge >= 0.3 is 0 Å². The van der Waals surface area contributed by atoms with E-state index in [1.165, 1.54) is 0 Å². The molecule has 6 nitrogen and oxygen atoms in total. The van der Waals surface area contributed by atoms with Gasteiger partial charge in [-0.3, -0.25) is 14.3 Å². The highest BCUT2D eigenvalue weighted by Gasteiger charge is 2.32. The predicted molar refractivity (Wildman–Crippen MR) is 73.3 cm³/mol. The van der Waals surface area contributed by atoms with E-state index in [1.54, 1.807) is 16.5 Å². The second-order valence-corrected chi connectivity index (χ2v) is 5.39. The average Bonchev–Trinajstić information content (AvgIpc) is 2.65. The van der Waals surface area contributed by atoms with E-state index in [9.17, 15) is 9.59 Å². The van der Waals surface area contributed by atoms with Crippen molar-refractivity contribution in [1.29, 1.82) is 0 Å². The first kappa shape index (κ1) is 14.0.